The van der Waals surface area contributed by atoms with E-state index in [9.17, 15) is 26.7 Å². The first-order valence-electron chi connectivity index (χ1n) is 4.87. The molecule has 0 saturated carbocycles. The molecule has 0 aliphatic carbocycles. The number of pyridine rings is 1. The van der Waals surface area contributed by atoms with E-state index in [1.165, 1.54) is 0 Å². The zero-order chi connectivity index (χ0) is 14.8. The number of alkyl halides is 5. The van der Waals surface area contributed by atoms with Gasteiger partial charge in [0.1, 0.15) is 5.69 Å². The van der Waals surface area contributed by atoms with Gasteiger partial charge < -0.3 is 10.5 Å². The third-order valence-electron chi connectivity index (χ3n) is 2.29. The van der Waals surface area contributed by atoms with Crippen molar-refractivity contribution in [3.63, 3.8) is 0 Å². The van der Waals surface area contributed by atoms with Crippen LogP contribution in [0.3, 0.4) is 0 Å². The van der Waals surface area contributed by atoms with Crippen molar-refractivity contribution in [2.75, 3.05) is 12.8 Å². The number of rotatable bonds is 3. The van der Waals surface area contributed by atoms with Gasteiger partial charge in [-0.05, 0) is 0 Å². The normalized spacial score (nSPS) is 11.7. The zero-order valence-corrected chi connectivity index (χ0v) is 9.59. The molecule has 0 aromatic carbocycles. The molecule has 1 heterocycles. The fourth-order valence-corrected chi connectivity index (χ4v) is 1.47. The number of carbonyl (C=O) groups excluding carboxylic acids is 1. The maximum atomic E-state index is 12.8. The van der Waals surface area contributed by atoms with Crippen LogP contribution in [0.15, 0.2) is 6.20 Å². The summed E-state index contributed by atoms with van der Waals surface area (Å²) in [4.78, 5) is 14.0. The summed E-state index contributed by atoms with van der Waals surface area (Å²) in [6.45, 7) is 0. The SMILES string of the molecule is COC(=O)Cc1c(N)cnc(C(F)F)c1C(F)(F)F. The molecule has 0 saturated heterocycles. The van der Waals surface area contributed by atoms with Crippen LogP contribution in [-0.2, 0) is 22.1 Å². The van der Waals surface area contributed by atoms with Gasteiger partial charge in [-0.25, -0.2) is 8.78 Å². The monoisotopic (exact) mass is 284 g/mol. The summed E-state index contributed by atoms with van der Waals surface area (Å²) >= 11 is 0. The van der Waals surface area contributed by atoms with Crippen molar-refractivity contribution >= 4 is 11.7 Å². The van der Waals surface area contributed by atoms with E-state index < -0.39 is 47.5 Å². The number of anilines is 1. The number of ether oxygens (including phenoxy) is 1. The van der Waals surface area contributed by atoms with E-state index in [-0.39, 0.29) is 0 Å². The van der Waals surface area contributed by atoms with Gasteiger partial charge in [0.05, 0.1) is 31.0 Å². The fraction of sp³-hybridized carbons (Fsp3) is 0.400. The summed E-state index contributed by atoms with van der Waals surface area (Å²) in [6.07, 6.45) is -8.74. The Labute approximate surface area is 104 Å². The Morgan fingerprint density at radius 3 is 2.47 bits per heavy atom. The van der Waals surface area contributed by atoms with E-state index in [2.05, 4.69) is 9.72 Å². The number of carbonyl (C=O) groups is 1. The number of esters is 1. The van der Waals surface area contributed by atoms with Crippen LogP contribution in [0.2, 0.25) is 0 Å². The van der Waals surface area contributed by atoms with Gasteiger partial charge in [0, 0.05) is 5.56 Å². The van der Waals surface area contributed by atoms with Crippen LogP contribution in [0.5, 0.6) is 0 Å². The minimum absolute atomic E-state index is 0.498. The van der Waals surface area contributed by atoms with E-state index in [4.69, 9.17) is 5.73 Å². The number of hydrogen-bond acceptors (Lipinski definition) is 4. The topological polar surface area (TPSA) is 65.2 Å². The predicted molar refractivity (Wildman–Crippen MR) is 54.3 cm³/mol. The lowest BCUT2D eigenvalue weighted by Gasteiger charge is -2.17. The Bertz CT molecular complexity index is 488. The lowest BCUT2D eigenvalue weighted by atomic mass is 10.0. The van der Waals surface area contributed by atoms with Crippen molar-refractivity contribution in [2.45, 2.75) is 19.0 Å². The lowest BCUT2D eigenvalue weighted by Crippen LogP contribution is -2.19. The van der Waals surface area contributed by atoms with Crippen LogP contribution in [-0.4, -0.2) is 18.1 Å². The Balaban J connectivity index is 3.49. The van der Waals surface area contributed by atoms with Gasteiger partial charge in [0.2, 0.25) is 0 Å². The average molecular weight is 284 g/mol. The van der Waals surface area contributed by atoms with Crippen LogP contribution in [0, 0.1) is 0 Å². The smallest absolute Gasteiger partial charge is 0.418 e. The summed E-state index contributed by atoms with van der Waals surface area (Å²) in [5, 5.41) is 0. The van der Waals surface area contributed by atoms with Gasteiger partial charge >= 0.3 is 12.1 Å². The molecule has 0 radical (unpaired) electrons. The van der Waals surface area contributed by atoms with Crippen molar-refractivity contribution in [1.82, 2.24) is 4.98 Å². The number of nitrogens with zero attached hydrogens (tertiary/aromatic N) is 1. The molecule has 1 aromatic heterocycles. The fourth-order valence-electron chi connectivity index (χ4n) is 1.47. The Hall–Kier alpha value is -1.93. The second-order valence-corrected chi connectivity index (χ2v) is 3.50. The Morgan fingerprint density at radius 2 is 2.05 bits per heavy atom. The predicted octanol–water partition coefficient (Wildman–Crippen LogP) is 2.34. The minimum Gasteiger partial charge on any atom is -0.469 e. The van der Waals surface area contributed by atoms with Crippen LogP contribution in [0.1, 0.15) is 23.2 Å². The van der Waals surface area contributed by atoms with Crippen LogP contribution < -0.4 is 5.73 Å². The molecule has 9 heteroatoms. The zero-order valence-electron chi connectivity index (χ0n) is 9.59. The highest BCUT2D eigenvalue weighted by molar-refractivity contribution is 5.75. The van der Waals surface area contributed by atoms with E-state index in [0.717, 1.165) is 7.11 Å². The molecular weight excluding hydrogens is 275 g/mol. The molecule has 0 aliphatic rings. The summed E-state index contributed by atoms with van der Waals surface area (Å²) in [6, 6.07) is 0. The van der Waals surface area contributed by atoms with Gasteiger partial charge in [-0.15, -0.1) is 0 Å². The molecule has 0 atom stereocenters. The molecule has 106 valence electrons. The van der Waals surface area contributed by atoms with E-state index in [1.54, 1.807) is 0 Å². The first-order chi connectivity index (χ1) is 8.68. The van der Waals surface area contributed by atoms with Crippen LogP contribution in [0.25, 0.3) is 0 Å². The van der Waals surface area contributed by atoms with E-state index in [1.807, 2.05) is 0 Å². The Kier molecular flexibility index (Phi) is 4.28. The van der Waals surface area contributed by atoms with Crippen molar-refractivity contribution in [3.8, 4) is 0 Å². The standard InChI is InChI=1S/C10H9F5N2O2/c1-19-6(18)2-4-5(16)3-17-8(9(11)12)7(4)10(13,14)15/h3,9H,2,16H2,1H3. The third-order valence-corrected chi connectivity index (χ3v) is 2.29. The maximum Gasteiger partial charge on any atom is 0.418 e. The average Bonchev–Trinajstić information content (AvgIpc) is 2.29. The number of nitrogen functional groups attached to an aromatic ring is 1. The van der Waals surface area contributed by atoms with Gasteiger partial charge in [-0.1, -0.05) is 0 Å². The highest BCUT2D eigenvalue weighted by Crippen LogP contribution is 2.39. The summed E-state index contributed by atoms with van der Waals surface area (Å²) in [5.74, 6) is -1.02. The molecule has 0 bridgehead atoms. The Morgan fingerprint density at radius 1 is 1.47 bits per heavy atom. The van der Waals surface area contributed by atoms with Gasteiger partial charge in [0.15, 0.2) is 0 Å². The molecule has 19 heavy (non-hydrogen) atoms. The molecule has 2 N–H and O–H groups in total. The molecule has 0 fully saturated rings. The largest absolute Gasteiger partial charge is 0.469 e. The molecule has 0 unspecified atom stereocenters. The van der Waals surface area contributed by atoms with Crippen molar-refractivity contribution in [2.24, 2.45) is 0 Å². The number of hydrogen-bond donors (Lipinski definition) is 1. The third kappa shape index (κ3) is 3.30. The van der Waals surface area contributed by atoms with Crippen LogP contribution in [0.4, 0.5) is 27.6 Å². The molecule has 0 aliphatic heterocycles. The first-order valence-corrected chi connectivity index (χ1v) is 4.87. The molecular formula is C10H9F5N2O2. The van der Waals surface area contributed by atoms with Crippen molar-refractivity contribution < 1.29 is 31.5 Å². The molecule has 0 amide bonds. The first kappa shape index (κ1) is 15.1. The lowest BCUT2D eigenvalue weighted by molar-refractivity contribution is -0.142. The van der Waals surface area contributed by atoms with E-state index in [0.29, 0.717) is 6.20 Å². The van der Waals surface area contributed by atoms with Crippen molar-refractivity contribution in [1.29, 1.82) is 0 Å². The number of halogens is 5. The van der Waals surface area contributed by atoms with Crippen LogP contribution >= 0.6 is 0 Å². The van der Waals surface area contributed by atoms with Crippen molar-refractivity contribution in [3.05, 3.63) is 23.0 Å². The van der Waals surface area contributed by atoms with E-state index >= 15 is 0 Å². The molecule has 1 aromatic rings. The second kappa shape index (κ2) is 5.37. The van der Waals surface area contributed by atoms with Gasteiger partial charge in [0.25, 0.3) is 6.43 Å². The summed E-state index contributed by atoms with van der Waals surface area (Å²) < 4.78 is 67.8. The number of aromatic nitrogens is 1. The maximum absolute atomic E-state index is 12.8. The highest BCUT2D eigenvalue weighted by Gasteiger charge is 2.40. The summed E-state index contributed by atoms with van der Waals surface area (Å²) in [7, 11) is 0.959. The molecule has 0 spiro atoms. The molecule has 4 nitrogen and oxygen atoms in total. The second-order valence-electron chi connectivity index (χ2n) is 3.50. The van der Waals surface area contributed by atoms with Gasteiger partial charge in [-0.3, -0.25) is 9.78 Å². The highest BCUT2D eigenvalue weighted by atomic mass is 19.4. The number of nitrogens with two attached hydrogens (primary N) is 1. The van der Waals surface area contributed by atoms with Gasteiger partial charge in [-0.2, -0.15) is 13.2 Å². The molecule has 1 rings (SSSR count). The number of methoxy groups -OCH3 is 1. The minimum atomic E-state index is -5.10. The summed E-state index contributed by atoms with van der Waals surface area (Å²) in [5.41, 5.74) is 0.872. The quantitative estimate of drug-likeness (QED) is 0.683.